The number of nitro groups is 1. The highest BCUT2D eigenvalue weighted by atomic mass is 32.2. The Kier molecular flexibility index (Phi) is 2.82. The molecule has 1 saturated carbocycles. The molecule has 0 aliphatic heterocycles. The summed E-state index contributed by atoms with van der Waals surface area (Å²) in [4.78, 5) is 9.87. The third-order valence-electron chi connectivity index (χ3n) is 3.17. The van der Waals surface area contributed by atoms with Crippen molar-refractivity contribution in [3.05, 3.63) is 52.3 Å². The molecule has 0 spiro atoms. The first kappa shape index (κ1) is 12.8. The van der Waals surface area contributed by atoms with Crippen LogP contribution in [0.3, 0.4) is 0 Å². The third-order valence-corrected chi connectivity index (χ3v) is 4.77. The standard InChI is InChI=1S/C12H11N3O4S/c16-15(17)11-3-1-2-4-12(11)20(18,19)14-8-7-10(13-14)9-5-6-9/h1-4,7-9H,5-6H2. The molecule has 7 nitrogen and oxygen atoms in total. The van der Waals surface area contributed by atoms with Crippen LogP contribution in [0, 0.1) is 10.1 Å². The van der Waals surface area contributed by atoms with E-state index in [0.29, 0.717) is 11.6 Å². The van der Waals surface area contributed by atoms with E-state index < -0.39 is 20.6 Å². The Balaban J connectivity index is 2.09. The molecule has 1 heterocycles. The van der Waals surface area contributed by atoms with Gasteiger partial charge in [-0.25, -0.2) is 0 Å². The Morgan fingerprint density at radius 3 is 2.60 bits per heavy atom. The number of benzene rings is 1. The van der Waals surface area contributed by atoms with Gasteiger partial charge >= 0.3 is 0 Å². The molecule has 1 aromatic heterocycles. The monoisotopic (exact) mass is 293 g/mol. The molecule has 1 aliphatic rings. The topological polar surface area (TPSA) is 95.1 Å². The number of nitrogens with zero attached hydrogens (tertiary/aromatic N) is 3. The van der Waals surface area contributed by atoms with Crippen molar-refractivity contribution >= 4 is 15.7 Å². The summed E-state index contributed by atoms with van der Waals surface area (Å²) in [6.45, 7) is 0. The highest BCUT2D eigenvalue weighted by Crippen LogP contribution is 2.39. The fourth-order valence-corrected chi connectivity index (χ4v) is 3.26. The van der Waals surface area contributed by atoms with Crippen LogP contribution in [0.25, 0.3) is 0 Å². The van der Waals surface area contributed by atoms with Gasteiger partial charge in [-0.1, -0.05) is 12.1 Å². The molecule has 1 aromatic carbocycles. The van der Waals surface area contributed by atoms with Crippen LogP contribution in [0.2, 0.25) is 0 Å². The van der Waals surface area contributed by atoms with Gasteiger partial charge in [0.25, 0.3) is 15.7 Å². The Labute approximate surface area is 115 Å². The molecule has 0 amide bonds. The van der Waals surface area contributed by atoms with E-state index in [9.17, 15) is 18.5 Å². The van der Waals surface area contributed by atoms with Gasteiger partial charge in [-0.05, 0) is 25.0 Å². The largest absolute Gasteiger partial charge is 0.289 e. The number of para-hydroxylation sites is 1. The summed E-state index contributed by atoms with van der Waals surface area (Å²) in [5.41, 5.74) is 0.267. The summed E-state index contributed by atoms with van der Waals surface area (Å²) >= 11 is 0. The van der Waals surface area contributed by atoms with Gasteiger partial charge in [0, 0.05) is 18.2 Å². The van der Waals surface area contributed by atoms with Gasteiger partial charge in [-0.15, -0.1) is 0 Å². The van der Waals surface area contributed by atoms with Crippen molar-refractivity contribution in [1.82, 2.24) is 9.19 Å². The van der Waals surface area contributed by atoms with E-state index in [1.165, 1.54) is 24.4 Å². The molecule has 0 N–H and O–H groups in total. The maximum Gasteiger partial charge on any atom is 0.289 e. The molecule has 0 saturated heterocycles. The second kappa shape index (κ2) is 4.41. The Morgan fingerprint density at radius 1 is 1.25 bits per heavy atom. The highest BCUT2D eigenvalue weighted by molar-refractivity contribution is 7.90. The lowest BCUT2D eigenvalue weighted by molar-refractivity contribution is -0.387. The van der Waals surface area contributed by atoms with Crippen LogP contribution in [-0.4, -0.2) is 22.5 Å². The normalized spacial score (nSPS) is 15.2. The zero-order chi connectivity index (χ0) is 14.3. The minimum absolute atomic E-state index is 0.317. The predicted molar refractivity (Wildman–Crippen MR) is 69.9 cm³/mol. The molecule has 104 valence electrons. The van der Waals surface area contributed by atoms with Crippen LogP contribution < -0.4 is 0 Å². The van der Waals surface area contributed by atoms with Crippen molar-refractivity contribution in [2.24, 2.45) is 0 Å². The number of aromatic nitrogens is 2. The molecule has 20 heavy (non-hydrogen) atoms. The van der Waals surface area contributed by atoms with Gasteiger partial charge in [-0.2, -0.15) is 17.6 Å². The fourth-order valence-electron chi connectivity index (χ4n) is 1.98. The zero-order valence-electron chi connectivity index (χ0n) is 10.3. The van der Waals surface area contributed by atoms with Gasteiger partial charge in [-0.3, -0.25) is 10.1 Å². The first-order chi connectivity index (χ1) is 9.50. The lowest BCUT2D eigenvalue weighted by Gasteiger charge is -2.04. The predicted octanol–water partition coefficient (Wildman–Crippen LogP) is 1.91. The van der Waals surface area contributed by atoms with Crippen molar-refractivity contribution in [2.45, 2.75) is 23.7 Å². The van der Waals surface area contributed by atoms with Crippen LogP contribution in [0.5, 0.6) is 0 Å². The van der Waals surface area contributed by atoms with E-state index in [4.69, 9.17) is 0 Å². The van der Waals surface area contributed by atoms with Gasteiger partial charge in [0.05, 0.1) is 10.6 Å². The minimum Gasteiger partial charge on any atom is -0.258 e. The molecule has 0 atom stereocenters. The van der Waals surface area contributed by atoms with E-state index in [-0.39, 0.29) is 4.90 Å². The highest BCUT2D eigenvalue weighted by Gasteiger charge is 2.30. The summed E-state index contributed by atoms with van der Waals surface area (Å²) in [7, 11) is -4.04. The maximum atomic E-state index is 12.4. The quantitative estimate of drug-likeness (QED) is 0.633. The lowest BCUT2D eigenvalue weighted by Crippen LogP contribution is -2.15. The maximum absolute atomic E-state index is 12.4. The first-order valence-electron chi connectivity index (χ1n) is 6.05. The van der Waals surface area contributed by atoms with Crippen molar-refractivity contribution in [1.29, 1.82) is 0 Å². The van der Waals surface area contributed by atoms with E-state index in [1.807, 2.05) is 0 Å². The first-order valence-corrected chi connectivity index (χ1v) is 7.49. The number of hydrogen-bond donors (Lipinski definition) is 0. The number of hydrogen-bond acceptors (Lipinski definition) is 5. The Morgan fingerprint density at radius 2 is 1.95 bits per heavy atom. The van der Waals surface area contributed by atoms with Crippen molar-refractivity contribution in [3.63, 3.8) is 0 Å². The molecule has 8 heteroatoms. The average molecular weight is 293 g/mol. The van der Waals surface area contributed by atoms with Crippen LogP contribution in [-0.2, 0) is 10.0 Å². The van der Waals surface area contributed by atoms with E-state index in [1.54, 1.807) is 6.07 Å². The summed E-state index contributed by atoms with van der Waals surface area (Å²) < 4.78 is 25.6. The molecule has 0 bridgehead atoms. The fraction of sp³-hybridized carbons (Fsp3) is 0.250. The van der Waals surface area contributed by atoms with Gasteiger partial charge in [0.15, 0.2) is 4.90 Å². The number of rotatable bonds is 4. The summed E-state index contributed by atoms with van der Waals surface area (Å²) in [6, 6.07) is 6.90. The molecule has 2 aromatic rings. The summed E-state index contributed by atoms with van der Waals surface area (Å²) in [5.74, 6) is 0.317. The van der Waals surface area contributed by atoms with Gasteiger partial charge in [0.1, 0.15) is 0 Å². The molecular formula is C12H11N3O4S. The summed E-state index contributed by atoms with van der Waals surface area (Å²) in [6.07, 6.45) is 3.34. The minimum atomic E-state index is -4.04. The second-order valence-corrected chi connectivity index (χ2v) is 6.38. The average Bonchev–Trinajstić information content (AvgIpc) is 3.15. The van der Waals surface area contributed by atoms with E-state index >= 15 is 0 Å². The SMILES string of the molecule is O=[N+]([O-])c1ccccc1S(=O)(=O)n1ccc(C2CC2)n1. The third kappa shape index (κ3) is 2.07. The lowest BCUT2D eigenvalue weighted by atomic mass is 10.3. The molecule has 1 aliphatic carbocycles. The number of nitro benzene ring substituents is 1. The van der Waals surface area contributed by atoms with E-state index in [0.717, 1.165) is 23.0 Å². The van der Waals surface area contributed by atoms with Crippen molar-refractivity contribution < 1.29 is 13.3 Å². The smallest absolute Gasteiger partial charge is 0.258 e. The van der Waals surface area contributed by atoms with Gasteiger partial charge in [0.2, 0.25) is 0 Å². The van der Waals surface area contributed by atoms with E-state index in [2.05, 4.69) is 5.10 Å². The zero-order valence-corrected chi connectivity index (χ0v) is 11.2. The molecule has 0 radical (unpaired) electrons. The Hall–Kier alpha value is -2.22. The molecule has 0 unspecified atom stereocenters. The second-order valence-electron chi connectivity index (χ2n) is 4.62. The van der Waals surface area contributed by atoms with Crippen LogP contribution in [0.1, 0.15) is 24.5 Å². The van der Waals surface area contributed by atoms with Crippen molar-refractivity contribution in [2.75, 3.05) is 0 Å². The molecule has 3 rings (SSSR count). The Bertz CT molecular complexity index is 778. The van der Waals surface area contributed by atoms with Crippen molar-refractivity contribution in [3.8, 4) is 0 Å². The van der Waals surface area contributed by atoms with Crippen LogP contribution >= 0.6 is 0 Å². The van der Waals surface area contributed by atoms with Gasteiger partial charge < -0.3 is 0 Å². The molecule has 1 fully saturated rings. The summed E-state index contributed by atoms with van der Waals surface area (Å²) in [5, 5.41) is 15.0. The van der Waals surface area contributed by atoms with Crippen LogP contribution in [0.15, 0.2) is 41.4 Å². The molecular weight excluding hydrogens is 282 g/mol. The van der Waals surface area contributed by atoms with Crippen LogP contribution in [0.4, 0.5) is 5.69 Å².